The molecule has 0 radical (unpaired) electrons. The van der Waals surface area contributed by atoms with E-state index in [1.807, 2.05) is 18.2 Å². The van der Waals surface area contributed by atoms with Gasteiger partial charge < -0.3 is 14.4 Å². The average Bonchev–Trinajstić information content (AvgIpc) is 2.61. The standard InChI is InChI=1S/C17H24N2O3/c20-17(15-6-1-2-8-18-15)14-5-3-9-19(13-14)10-7-16-21-11-4-12-22-16/h1-2,6,8,14,16H,3-5,7,9-13H2. The number of pyridine rings is 1. The van der Waals surface area contributed by atoms with Crippen molar-refractivity contribution >= 4 is 5.78 Å². The molecule has 1 atom stereocenters. The van der Waals surface area contributed by atoms with Gasteiger partial charge >= 0.3 is 0 Å². The van der Waals surface area contributed by atoms with E-state index >= 15 is 0 Å². The van der Waals surface area contributed by atoms with E-state index in [1.165, 1.54) is 0 Å². The molecule has 2 fully saturated rings. The van der Waals surface area contributed by atoms with Gasteiger partial charge in [0, 0.05) is 31.6 Å². The zero-order valence-electron chi connectivity index (χ0n) is 12.9. The van der Waals surface area contributed by atoms with E-state index in [9.17, 15) is 4.79 Å². The molecule has 0 saturated carbocycles. The molecule has 1 aromatic rings. The number of nitrogens with zero attached hydrogens (tertiary/aromatic N) is 2. The maximum absolute atomic E-state index is 12.5. The minimum absolute atomic E-state index is 0.0665. The van der Waals surface area contributed by atoms with Crippen LogP contribution >= 0.6 is 0 Å². The van der Waals surface area contributed by atoms with E-state index < -0.39 is 0 Å². The first-order valence-electron chi connectivity index (χ1n) is 8.24. The molecule has 5 nitrogen and oxygen atoms in total. The molecule has 2 saturated heterocycles. The molecule has 0 aromatic carbocycles. The lowest BCUT2D eigenvalue weighted by Crippen LogP contribution is -2.41. The van der Waals surface area contributed by atoms with Crippen LogP contribution in [0.3, 0.4) is 0 Å². The van der Waals surface area contributed by atoms with Crippen LogP contribution in [0.2, 0.25) is 0 Å². The van der Waals surface area contributed by atoms with Crippen LogP contribution in [0.15, 0.2) is 24.4 Å². The molecule has 0 spiro atoms. The van der Waals surface area contributed by atoms with Gasteiger partial charge in [0.2, 0.25) is 0 Å². The Morgan fingerprint density at radius 2 is 2.14 bits per heavy atom. The zero-order valence-corrected chi connectivity index (χ0v) is 12.9. The number of hydrogen-bond donors (Lipinski definition) is 0. The highest BCUT2D eigenvalue weighted by Gasteiger charge is 2.27. The van der Waals surface area contributed by atoms with Gasteiger partial charge in [0.25, 0.3) is 0 Å². The second-order valence-electron chi connectivity index (χ2n) is 6.03. The summed E-state index contributed by atoms with van der Waals surface area (Å²) in [6, 6.07) is 5.53. The van der Waals surface area contributed by atoms with Crippen molar-refractivity contribution in [1.29, 1.82) is 0 Å². The third-order valence-corrected chi connectivity index (χ3v) is 4.37. The van der Waals surface area contributed by atoms with Gasteiger partial charge in [-0.3, -0.25) is 9.78 Å². The molecule has 2 aliphatic rings. The summed E-state index contributed by atoms with van der Waals surface area (Å²) in [6.45, 7) is 4.40. The summed E-state index contributed by atoms with van der Waals surface area (Å²) in [6.07, 6.45) is 5.51. The van der Waals surface area contributed by atoms with Gasteiger partial charge in [-0.25, -0.2) is 0 Å². The van der Waals surface area contributed by atoms with Crippen molar-refractivity contribution in [2.45, 2.75) is 32.0 Å². The van der Waals surface area contributed by atoms with Gasteiger partial charge in [-0.2, -0.15) is 0 Å². The largest absolute Gasteiger partial charge is 0.353 e. The fraction of sp³-hybridized carbons (Fsp3) is 0.647. The van der Waals surface area contributed by atoms with Gasteiger partial charge in [-0.1, -0.05) is 6.07 Å². The van der Waals surface area contributed by atoms with Crippen LogP contribution in [-0.4, -0.2) is 54.8 Å². The number of ketones is 1. The first-order valence-corrected chi connectivity index (χ1v) is 8.24. The fourth-order valence-electron chi connectivity index (χ4n) is 3.18. The first-order chi connectivity index (χ1) is 10.8. The highest BCUT2D eigenvalue weighted by Crippen LogP contribution is 2.21. The third-order valence-electron chi connectivity index (χ3n) is 4.37. The minimum Gasteiger partial charge on any atom is -0.353 e. The Morgan fingerprint density at radius 1 is 1.27 bits per heavy atom. The van der Waals surface area contributed by atoms with Crippen LogP contribution in [0.1, 0.15) is 36.2 Å². The Kier molecular flexibility index (Phi) is 5.53. The third kappa shape index (κ3) is 4.12. The van der Waals surface area contributed by atoms with E-state index in [1.54, 1.807) is 6.20 Å². The van der Waals surface area contributed by atoms with Crippen LogP contribution in [0.5, 0.6) is 0 Å². The molecule has 3 rings (SSSR count). The molecule has 1 unspecified atom stereocenters. The summed E-state index contributed by atoms with van der Waals surface area (Å²) in [5.41, 5.74) is 0.591. The van der Waals surface area contributed by atoms with E-state index in [4.69, 9.17) is 9.47 Å². The summed E-state index contributed by atoms with van der Waals surface area (Å²) >= 11 is 0. The van der Waals surface area contributed by atoms with Gasteiger partial charge in [0.05, 0.1) is 13.2 Å². The molecule has 22 heavy (non-hydrogen) atoms. The van der Waals surface area contributed by atoms with Gasteiger partial charge in [0.1, 0.15) is 5.69 Å². The van der Waals surface area contributed by atoms with Crippen LogP contribution in [0, 0.1) is 5.92 Å². The molecule has 120 valence electrons. The molecule has 0 amide bonds. The quantitative estimate of drug-likeness (QED) is 0.780. The smallest absolute Gasteiger partial charge is 0.185 e. The van der Waals surface area contributed by atoms with Gasteiger partial charge in [-0.15, -0.1) is 0 Å². The Morgan fingerprint density at radius 3 is 2.91 bits per heavy atom. The molecule has 3 heterocycles. The number of ether oxygens (including phenoxy) is 2. The molecule has 0 bridgehead atoms. The topological polar surface area (TPSA) is 51.7 Å². The molecule has 0 aliphatic carbocycles. The normalized spacial score (nSPS) is 24.3. The lowest BCUT2D eigenvalue weighted by Gasteiger charge is -2.33. The second-order valence-corrected chi connectivity index (χ2v) is 6.03. The number of carbonyl (C=O) groups excluding carboxylic acids is 1. The van der Waals surface area contributed by atoms with Crippen LogP contribution in [0.4, 0.5) is 0 Å². The van der Waals surface area contributed by atoms with Crippen molar-refractivity contribution < 1.29 is 14.3 Å². The lowest BCUT2D eigenvalue weighted by atomic mass is 9.92. The average molecular weight is 304 g/mol. The number of hydrogen-bond acceptors (Lipinski definition) is 5. The highest BCUT2D eigenvalue weighted by molar-refractivity contribution is 5.96. The molecule has 0 N–H and O–H groups in total. The van der Waals surface area contributed by atoms with Gasteiger partial charge in [-0.05, 0) is 37.9 Å². The molecular weight excluding hydrogens is 280 g/mol. The molecule has 5 heteroatoms. The number of likely N-dealkylation sites (tertiary alicyclic amines) is 1. The number of piperidine rings is 1. The van der Waals surface area contributed by atoms with Crippen LogP contribution in [-0.2, 0) is 9.47 Å². The van der Waals surface area contributed by atoms with Crippen molar-refractivity contribution in [3.05, 3.63) is 30.1 Å². The van der Waals surface area contributed by atoms with Crippen molar-refractivity contribution in [1.82, 2.24) is 9.88 Å². The molecule has 2 aliphatic heterocycles. The predicted octanol–water partition coefficient (Wildman–Crippen LogP) is 2.13. The van der Waals surface area contributed by atoms with E-state index in [2.05, 4.69) is 9.88 Å². The Bertz CT molecular complexity index is 474. The Hall–Kier alpha value is -1.30. The van der Waals surface area contributed by atoms with E-state index in [-0.39, 0.29) is 18.0 Å². The summed E-state index contributed by atoms with van der Waals surface area (Å²) in [7, 11) is 0. The SMILES string of the molecule is O=C(c1ccccn1)C1CCCN(CCC2OCCCO2)C1. The first kappa shape index (κ1) is 15.6. The van der Waals surface area contributed by atoms with Crippen molar-refractivity contribution in [3.8, 4) is 0 Å². The van der Waals surface area contributed by atoms with Crippen molar-refractivity contribution in [3.63, 3.8) is 0 Å². The van der Waals surface area contributed by atoms with Crippen molar-refractivity contribution in [2.75, 3.05) is 32.8 Å². The van der Waals surface area contributed by atoms with Gasteiger partial charge in [0.15, 0.2) is 12.1 Å². The second kappa shape index (κ2) is 7.81. The molecular formula is C17H24N2O3. The van der Waals surface area contributed by atoms with E-state index in [0.717, 1.165) is 58.5 Å². The van der Waals surface area contributed by atoms with Crippen LogP contribution < -0.4 is 0 Å². The van der Waals surface area contributed by atoms with Crippen molar-refractivity contribution in [2.24, 2.45) is 5.92 Å². The fourth-order valence-corrected chi connectivity index (χ4v) is 3.18. The maximum atomic E-state index is 12.5. The minimum atomic E-state index is -0.0689. The van der Waals surface area contributed by atoms with E-state index in [0.29, 0.717) is 5.69 Å². The zero-order chi connectivity index (χ0) is 15.2. The number of aromatic nitrogens is 1. The Balaban J connectivity index is 1.49. The summed E-state index contributed by atoms with van der Waals surface area (Å²) in [4.78, 5) is 19.1. The summed E-state index contributed by atoms with van der Waals surface area (Å²) in [5, 5.41) is 0. The molecule has 1 aromatic heterocycles. The maximum Gasteiger partial charge on any atom is 0.185 e. The highest BCUT2D eigenvalue weighted by atomic mass is 16.7. The lowest BCUT2D eigenvalue weighted by molar-refractivity contribution is -0.182. The van der Waals surface area contributed by atoms with Crippen LogP contribution in [0.25, 0.3) is 0 Å². The number of rotatable bonds is 5. The number of carbonyl (C=O) groups is 1. The predicted molar refractivity (Wildman–Crippen MR) is 82.7 cm³/mol. The monoisotopic (exact) mass is 304 g/mol. The Labute approximate surface area is 131 Å². The summed E-state index contributed by atoms with van der Waals surface area (Å²) < 4.78 is 11.2. The number of Topliss-reactive ketones (excluding diaryl/α,β-unsaturated/α-hetero) is 1. The summed E-state index contributed by atoms with van der Waals surface area (Å²) in [5.74, 6) is 0.243.